The van der Waals surface area contributed by atoms with Crippen LogP contribution in [0.1, 0.15) is 44.7 Å². The third-order valence-electron chi connectivity index (χ3n) is 5.40. The van der Waals surface area contributed by atoms with Gasteiger partial charge in [0.15, 0.2) is 0 Å². The van der Waals surface area contributed by atoms with Gasteiger partial charge in [0.2, 0.25) is 0 Å². The molecule has 5 heteroatoms. The molecule has 5 nitrogen and oxygen atoms in total. The minimum absolute atomic E-state index is 0.161. The van der Waals surface area contributed by atoms with E-state index in [9.17, 15) is 4.79 Å². The van der Waals surface area contributed by atoms with E-state index in [1.54, 1.807) is 0 Å². The van der Waals surface area contributed by atoms with Crippen molar-refractivity contribution >= 4 is 5.91 Å². The Hall–Kier alpha value is -1.46. The van der Waals surface area contributed by atoms with Crippen LogP contribution in [-0.4, -0.2) is 59.6 Å². The van der Waals surface area contributed by atoms with Gasteiger partial charge in [0, 0.05) is 31.9 Å². The first-order chi connectivity index (χ1) is 12.1. The lowest BCUT2D eigenvalue weighted by molar-refractivity contribution is -0.142. The lowest BCUT2D eigenvalue weighted by Gasteiger charge is -2.27. The second-order valence-electron chi connectivity index (χ2n) is 7.57. The number of rotatable bonds is 7. The van der Waals surface area contributed by atoms with E-state index in [1.807, 2.05) is 30.2 Å². The Balaban J connectivity index is 1.46. The maximum atomic E-state index is 12.6. The second-order valence-corrected chi connectivity index (χ2v) is 7.57. The number of hydrogen-bond donors (Lipinski definition) is 0. The fraction of sp³-hybridized carbons (Fsp3) is 0.700. The number of ether oxygens (including phenoxy) is 1. The van der Waals surface area contributed by atoms with E-state index in [0.29, 0.717) is 12.0 Å². The van der Waals surface area contributed by atoms with Gasteiger partial charge in [0.05, 0.1) is 12.3 Å². The van der Waals surface area contributed by atoms with Crippen LogP contribution in [0.15, 0.2) is 24.4 Å². The molecule has 0 N–H and O–H groups in total. The molecule has 1 amide bonds. The number of likely N-dealkylation sites (tertiary alicyclic amines) is 1. The molecule has 138 valence electrons. The molecule has 1 aliphatic carbocycles. The molecular weight excluding hydrogens is 314 g/mol. The Kier molecular flexibility index (Phi) is 6.43. The maximum Gasteiger partial charge on any atom is 0.251 e. The Morgan fingerprint density at radius 2 is 2.16 bits per heavy atom. The molecule has 0 bridgehead atoms. The number of hydrogen-bond acceptors (Lipinski definition) is 4. The average molecular weight is 345 g/mol. The van der Waals surface area contributed by atoms with Crippen molar-refractivity contribution in [3.8, 4) is 0 Å². The molecule has 0 spiro atoms. The third kappa shape index (κ3) is 5.51. The molecule has 2 fully saturated rings. The summed E-state index contributed by atoms with van der Waals surface area (Å²) in [5.41, 5.74) is 1.10. The molecule has 2 aliphatic rings. The Labute approximate surface area is 151 Å². The maximum absolute atomic E-state index is 12.6. The van der Waals surface area contributed by atoms with Crippen LogP contribution in [0, 0.1) is 5.92 Å². The quantitative estimate of drug-likeness (QED) is 0.762. The highest BCUT2D eigenvalue weighted by molar-refractivity contribution is 5.80. The van der Waals surface area contributed by atoms with Crippen molar-refractivity contribution < 1.29 is 9.53 Å². The molecule has 3 rings (SSSR count). The largest absolute Gasteiger partial charge is 0.368 e. The smallest absolute Gasteiger partial charge is 0.251 e. The first-order valence-corrected chi connectivity index (χ1v) is 9.64. The van der Waals surface area contributed by atoms with Crippen molar-refractivity contribution in [1.82, 2.24) is 14.8 Å². The van der Waals surface area contributed by atoms with Crippen LogP contribution < -0.4 is 0 Å². The van der Waals surface area contributed by atoms with Crippen LogP contribution in [0.3, 0.4) is 0 Å². The summed E-state index contributed by atoms with van der Waals surface area (Å²) in [6, 6.07) is 6.56. The van der Waals surface area contributed by atoms with Gasteiger partial charge in [0.25, 0.3) is 5.91 Å². The number of amides is 1. The fourth-order valence-electron chi connectivity index (χ4n) is 3.51. The van der Waals surface area contributed by atoms with Crippen LogP contribution in [-0.2, 0) is 16.1 Å². The van der Waals surface area contributed by atoms with Crippen molar-refractivity contribution in [3.63, 3.8) is 0 Å². The van der Waals surface area contributed by atoms with Gasteiger partial charge in [0.1, 0.15) is 6.10 Å². The highest BCUT2D eigenvalue weighted by Gasteiger charge is 2.28. The summed E-state index contributed by atoms with van der Waals surface area (Å²) < 4.78 is 5.77. The van der Waals surface area contributed by atoms with E-state index in [-0.39, 0.29) is 12.0 Å². The third-order valence-corrected chi connectivity index (χ3v) is 5.40. The van der Waals surface area contributed by atoms with Crippen molar-refractivity contribution in [2.75, 3.05) is 26.7 Å². The second kappa shape index (κ2) is 8.77. The zero-order chi connectivity index (χ0) is 17.6. The molecule has 2 atom stereocenters. The first kappa shape index (κ1) is 18.3. The number of carbonyl (C=O) groups excluding carboxylic acids is 1. The highest BCUT2D eigenvalue weighted by atomic mass is 16.5. The summed E-state index contributed by atoms with van der Waals surface area (Å²) in [7, 11) is 2.16. The summed E-state index contributed by atoms with van der Waals surface area (Å²) >= 11 is 0. The van der Waals surface area contributed by atoms with Crippen molar-refractivity contribution in [3.05, 3.63) is 30.1 Å². The van der Waals surface area contributed by atoms with Crippen molar-refractivity contribution in [1.29, 1.82) is 0 Å². The van der Waals surface area contributed by atoms with E-state index < -0.39 is 0 Å². The average Bonchev–Trinajstić information content (AvgIpc) is 3.46. The summed E-state index contributed by atoms with van der Waals surface area (Å²) in [6.07, 6.45) is 7.26. The molecule has 0 aromatic carbocycles. The van der Waals surface area contributed by atoms with Gasteiger partial charge >= 0.3 is 0 Å². The van der Waals surface area contributed by atoms with Crippen molar-refractivity contribution in [2.24, 2.45) is 5.92 Å². The highest BCUT2D eigenvalue weighted by Crippen LogP contribution is 2.29. The lowest BCUT2D eigenvalue weighted by Crippen LogP contribution is -2.40. The van der Waals surface area contributed by atoms with Gasteiger partial charge < -0.3 is 9.64 Å². The fourth-order valence-corrected chi connectivity index (χ4v) is 3.51. The van der Waals surface area contributed by atoms with Crippen LogP contribution in [0.25, 0.3) is 0 Å². The van der Waals surface area contributed by atoms with E-state index in [1.165, 1.54) is 12.8 Å². The zero-order valence-electron chi connectivity index (χ0n) is 15.6. The number of pyridine rings is 1. The van der Waals surface area contributed by atoms with Crippen LogP contribution >= 0.6 is 0 Å². The van der Waals surface area contributed by atoms with Gasteiger partial charge in [-0.25, -0.2) is 0 Å². The molecule has 25 heavy (non-hydrogen) atoms. The number of nitrogens with zero attached hydrogens (tertiary/aromatic N) is 3. The predicted octanol–water partition coefficient (Wildman–Crippen LogP) is 2.71. The van der Waals surface area contributed by atoms with Gasteiger partial charge in [-0.2, -0.15) is 0 Å². The lowest BCUT2D eigenvalue weighted by atomic mass is 10.1. The summed E-state index contributed by atoms with van der Waals surface area (Å²) in [5.74, 6) is 0.859. The standard InChI is InChI=1S/C20H31N3O2/c1-16(25-15-17-8-9-17)20(24)23-12-5-7-19(10-13-23)22(2)14-18-6-3-4-11-21-18/h3-4,6,11,16-17,19H,5,7-10,12-15H2,1-2H3/t16-,19+/m0/s1. The molecule has 1 saturated carbocycles. The summed E-state index contributed by atoms with van der Waals surface area (Å²) in [4.78, 5) is 21.4. The minimum atomic E-state index is -0.302. The minimum Gasteiger partial charge on any atom is -0.368 e. The molecule has 2 heterocycles. The zero-order valence-corrected chi connectivity index (χ0v) is 15.6. The van der Waals surface area contributed by atoms with Gasteiger partial charge in [-0.05, 0) is 64.1 Å². The molecule has 0 radical (unpaired) electrons. The van der Waals surface area contributed by atoms with Gasteiger partial charge in [-0.3, -0.25) is 14.7 Å². The van der Waals surface area contributed by atoms with E-state index >= 15 is 0 Å². The van der Waals surface area contributed by atoms with E-state index in [0.717, 1.165) is 51.2 Å². The normalized spacial score (nSPS) is 22.7. The van der Waals surface area contributed by atoms with Crippen LogP contribution in [0.4, 0.5) is 0 Å². The van der Waals surface area contributed by atoms with Gasteiger partial charge in [-0.15, -0.1) is 0 Å². The molecule has 0 unspecified atom stereocenters. The van der Waals surface area contributed by atoms with Crippen molar-refractivity contribution in [2.45, 2.75) is 57.7 Å². The predicted molar refractivity (Wildman–Crippen MR) is 98.1 cm³/mol. The number of carbonyl (C=O) groups is 1. The van der Waals surface area contributed by atoms with Crippen LogP contribution in [0.5, 0.6) is 0 Å². The summed E-state index contributed by atoms with van der Waals surface area (Å²) in [6.45, 7) is 5.19. The molecule has 1 aliphatic heterocycles. The number of aromatic nitrogens is 1. The molecule has 1 aromatic rings. The molecule has 1 aromatic heterocycles. The SMILES string of the molecule is C[C@H](OCC1CC1)C(=O)N1CCC[C@@H](N(C)Cc2ccccn2)CC1. The Morgan fingerprint density at radius 3 is 2.88 bits per heavy atom. The first-order valence-electron chi connectivity index (χ1n) is 9.64. The monoisotopic (exact) mass is 345 g/mol. The Morgan fingerprint density at radius 1 is 1.32 bits per heavy atom. The molecular formula is C20H31N3O2. The van der Waals surface area contributed by atoms with Gasteiger partial charge in [-0.1, -0.05) is 6.07 Å². The Bertz CT molecular complexity index is 547. The molecule has 1 saturated heterocycles. The van der Waals surface area contributed by atoms with E-state index in [2.05, 4.69) is 23.0 Å². The van der Waals surface area contributed by atoms with Crippen LogP contribution in [0.2, 0.25) is 0 Å². The summed E-state index contributed by atoms with van der Waals surface area (Å²) in [5, 5.41) is 0. The van der Waals surface area contributed by atoms with E-state index in [4.69, 9.17) is 4.74 Å². The topological polar surface area (TPSA) is 45.7 Å².